The molecule has 0 saturated carbocycles. The molecule has 0 aromatic carbocycles. The van der Waals surface area contributed by atoms with Crippen LogP contribution in [0.1, 0.15) is 122 Å². The maximum Gasteiger partial charge on any atom is 1.00 e. The van der Waals surface area contributed by atoms with Crippen molar-refractivity contribution < 1.29 is 57.5 Å². The standard InChI is InChI=1S/C21H44O2.C3H8O4S.Na/c1-2-3-4-5-6-7-8-9-10-11-12-13-14-15-16-17-20-23-21-18-19-22;4-2-1-3-8(5,6)7;/h22H,2-21H2,1H3;4H,1-3H2,(H,5,6,7);/q;;+1/p-1. The summed E-state index contributed by atoms with van der Waals surface area (Å²) in [6.45, 7) is 3.88. The Kier molecular flexibility index (Phi) is 37.1. The van der Waals surface area contributed by atoms with Gasteiger partial charge in [-0.25, -0.2) is 8.42 Å². The monoisotopic (exact) mass is 490 g/mol. The Hall–Kier alpha value is 0.790. The van der Waals surface area contributed by atoms with E-state index in [9.17, 15) is 13.0 Å². The van der Waals surface area contributed by atoms with Crippen LogP contribution < -0.4 is 29.6 Å². The normalized spacial score (nSPS) is 11.0. The Bertz CT molecular complexity index is 401. The van der Waals surface area contributed by atoms with E-state index in [0.717, 1.165) is 19.6 Å². The largest absolute Gasteiger partial charge is 1.00 e. The maximum atomic E-state index is 9.72. The number of aliphatic hydroxyl groups is 2. The molecule has 0 amide bonds. The molecule has 0 aromatic heterocycles. The van der Waals surface area contributed by atoms with E-state index in [1.165, 1.54) is 103 Å². The summed E-state index contributed by atoms with van der Waals surface area (Å²) in [5, 5.41) is 16.7. The van der Waals surface area contributed by atoms with Gasteiger partial charge in [-0.1, -0.05) is 103 Å². The zero-order valence-electron chi connectivity index (χ0n) is 21.2. The van der Waals surface area contributed by atoms with Gasteiger partial charge in [-0.15, -0.1) is 0 Å². The van der Waals surface area contributed by atoms with Gasteiger partial charge >= 0.3 is 29.6 Å². The van der Waals surface area contributed by atoms with Crippen molar-refractivity contribution in [2.24, 2.45) is 0 Å². The second kappa shape index (κ2) is 31.8. The van der Waals surface area contributed by atoms with Gasteiger partial charge in [0.2, 0.25) is 0 Å². The Balaban J connectivity index is -0.000000793. The Morgan fingerprint density at radius 2 is 0.938 bits per heavy atom. The minimum Gasteiger partial charge on any atom is -0.748 e. The number of hydrogen-bond acceptors (Lipinski definition) is 6. The molecule has 8 heteroatoms. The summed E-state index contributed by atoms with van der Waals surface area (Å²) in [5.74, 6) is -0.469. The predicted octanol–water partition coefficient (Wildman–Crippen LogP) is 2.56. The molecular weight excluding hydrogens is 439 g/mol. The Labute approximate surface area is 221 Å². The van der Waals surface area contributed by atoms with Gasteiger partial charge in [0.1, 0.15) is 0 Å². The van der Waals surface area contributed by atoms with E-state index in [1.807, 2.05) is 0 Å². The summed E-state index contributed by atoms with van der Waals surface area (Å²) < 4.78 is 34.6. The van der Waals surface area contributed by atoms with Crippen molar-refractivity contribution in [2.45, 2.75) is 122 Å². The first-order valence-corrected chi connectivity index (χ1v) is 14.3. The SMILES string of the molecule is CCCCCCCCCCCCCCCCCCOCCCO.O=S(=O)([O-])CCCO.[Na+]. The first-order chi connectivity index (χ1) is 15.0. The summed E-state index contributed by atoms with van der Waals surface area (Å²) in [6.07, 6.45) is 23.3. The topological polar surface area (TPSA) is 107 Å². The molecule has 0 aromatic rings. The average molecular weight is 491 g/mol. The summed E-state index contributed by atoms with van der Waals surface area (Å²) >= 11 is 0. The van der Waals surface area contributed by atoms with E-state index in [2.05, 4.69) is 6.92 Å². The Morgan fingerprint density at radius 3 is 1.25 bits per heavy atom. The molecule has 0 atom stereocenters. The number of aliphatic hydroxyl groups excluding tert-OH is 2. The van der Waals surface area contributed by atoms with Gasteiger partial charge in [0.25, 0.3) is 0 Å². The first-order valence-electron chi connectivity index (χ1n) is 12.7. The fourth-order valence-electron chi connectivity index (χ4n) is 3.26. The predicted molar refractivity (Wildman–Crippen MR) is 128 cm³/mol. The molecule has 0 rings (SSSR count). The van der Waals surface area contributed by atoms with Crippen LogP contribution in [0.25, 0.3) is 0 Å². The van der Waals surface area contributed by atoms with Crippen LogP contribution >= 0.6 is 0 Å². The van der Waals surface area contributed by atoms with Crippen molar-refractivity contribution in [3.8, 4) is 0 Å². The van der Waals surface area contributed by atoms with Gasteiger partial charge < -0.3 is 19.5 Å². The molecule has 6 nitrogen and oxygen atoms in total. The van der Waals surface area contributed by atoms with Crippen LogP contribution in [-0.2, 0) is 14.9 Å². The van der Waals surface area contributed by atoms with Crippen molar-refractivity contribution in [1.29, 1.82) is 0 Å². The van der Waals surface area contributed by atoms with E-state index in [-0.39, 0.29) is 49.2 Å². The summed E-state index contributed by atoms with van der Waals surface area (Å²) in [5.41, 5.74) is 0. The molecule has 0 aliphatic heterocycles. The van der Waals surface area contributed by atoms with Gasteiger partial charge in [-0.2, -0.15) is 0 Å². The van der Waals surface area contributed by atoms with Crippen molar-refractivity contribution in [1.82, 2.24) is 0 Å². The third-order valence-electron chi connectivity index (χ3n) is 5.14. The number of ether oxygens (including phenoxy) is 1. The van der Waals surface area contributed by atoms with Crippen LogP contribution in [0.5, 0.6) is 0 Å². The quantitative estimate of drug-likeness (QED) is 0.130. The molecule has 0 radical (unpaired) electrons. The summed E-state index contributed by atoms with van der Waals surface area (Å²) in [7, 11) is -4.10. The van der Waals surface area contributed by atoms with Crippen LogP contribution in [-0.4, -0.2) is 55.4 Å². The van der Waals surface area contributed by atoms with E-state index < -0.39 is 15.9 Å². The van der Waals surface area contributed by atoms with Crippen molar-refractivity contribution >= 4 is 10.1 Å². The van der Waals surface area contributed by atoms with Gasteiger partial charge in [0.15, 0.2) is 0 Å². The molecule has 32 heavy (non-hydrogen) atoms. The Morgan fingerprint density at radius 1 is 0.594 bits per heavy atom. The van der Waals surface area contributed by atoms with Crippen molar-refractivity contribution in [3.63, 3.8) is 0 Å². The summed E-state index contributed by atoms with van der Waals surface area (Å²) in [4.78, 5) is 0. The van der Waals surface area contributed by atoms with Crippen LogP contribution in [0, 0.1) is 0 Å². The van der Waals surface area contributed by atoms with Gasteiger partial charge in [0.05, 0.1) is 10.1 Å². The minimum absolute atomic E-state index is 0. The molecule has 190 valence electrons. The van der Waals surface area contributed by atoms with E-state index in [4.69, 9.17) is 14.9 Å². The molecule has 0 heterocycles. The second-order valence-corrected chi connectivity index (χ2v) is 9.86. The fraction of sp³-hybridized carbons (Fsp3) is 1.00. The zero-order valence-corrected chi connectivity index (χ0v) is 24.0. The third-order valence-corrected chi connectivity index (χ3v) is 5.93. The molecule has 0 bridgehead atoms. The molecule has 0 unspecified atom stereocenters. The van der Waals surface area contributed by atoms with E-state index in [0.29, 0.717) is 0 Å². The van der Waals surface area contributed by atoms with E-state index in [1.54, 1.807) is 0 Å². The molecule has 0 saturated heterocycles. The second-order valence-electron chi connectivity index (χ2n) is 8.33. The van der Waals surface area contributed by atoms with Gasteiger partial charge in [0, 0.05) is 32.2 Å². The van der Waals surface area contributed by atoms with Crippen LogP contribution in [0.2, 0.25) is 0 Å². The summed E-state index contributed by atoms with van der Waals surface area (Å²) in [6, 6.07) is 0. The minimum atomic E-state index is -4.10. The van der Waals surface area contributed by atoms with E-state index >= 15 is 0 Å². The number of rotatable bonds is 23. The van der Waals surface area contributed by atoms with Crippen LogP contribution in [0.4, 0.5) is 0 Å². The van der Waals surface area contributed by atoms with Crippen molar-refractivity contribution in [2.75, 3.05) is 32.2 Å². The smallest absolute Gasteiger partial charge is 0.748 e. The first kappa shape index (κ1) is 37.3. The maximum absolute atomic E-state index is 9.72. The molecule has 0 spiro atoms. The average Bonchev–Trinajstić information content (AvgIpc) is 2.74. The van der Waals surface area contributed by atoms with Gasteiger partial charge in [-0.3, -0.25) is 0 Å². The molecule has 0 fully saturated rings. The van der Waals surface area contributed by atoms with Crippen LogP contribution in [0.15, 0.2) is 0 Å². The fourth-order valence-corrected chi connectivity index (χ4v) is 3.74. The molecule has 0 aliphatic rings. The molecular formula is C24H51NaO6S. The molecule has 2 N–H and O–H groups in total. The number of hydrogen-bond donors (Lipinski definition) is 2. The van der Waals surface area contributed by atoms with Crippen LogP contribution in [0.3, 0.4) is 0 Å². The molecule has 0 aliphatic carbocycles. The van der Waals surface area contributed by atoms with Gasteiger partial charge in [-0.05, 0) is 19.3 Å². The number of unbranched alkanes of at least 4 members (excludes halogenated alkanes) is 15. The zero-order chi connectivity index (χ0) is 23.5. The third kappa shape index (κ3) is 41.1. The van der Waals surface area contributed by atoms with Crippen molar-refractivity contribution in [3.05, 3.63) is 0 Å².